The fraction of sp³-hybridized carbons (Fsp3) is 0.458. The van der Waals surface area contributed by atoms with Crippen LogP contribution in [-0.4, -0.2) is 36.0 Å². The van der Waals surface area contributed by atoms with E-state index in [-0.39, 0.29) is 11.4 Å². The minimum atomic E-state index is 0.111. The van der Waals surface area contributed by atoms with Crippen molar-refractivity contribution in [3.63, 3.8) is 0 Å². The number of carbonyl (C=O) groups excluding carboxylic acids is 1. The molecule has 0 radical (unpaired) electrons. The molecule has 1 amide bonds. The predicted octanol–water partition coefficient (Wildman–Crippen LogP) is 4.52. The number of piperidine rings is 1. The van der Waals surface area contributed by atoms with Crippen molar-refractivity contribution >= 4 is 11.6 Å². The van der Waals surface area contributed by atoms with Crippen molar-refractivity contribution in [2.75, 3.05) is 24.5 Å². The number of rotatable bonds is 3. The van der Waals surface area contributed by atoms with Crippen LogP contribution in [0.25, 0.3) is 0 Å². The molecule has 140 valence electrons. The van der Waals surface area contributed by atoms with Crippen molar-refractivity contribution in [2.45, 2.75) is 44.1 Å². The molecule has 1 saturated carbocycles. The molecule has 3 nitrogen and oxygen atoms in total. The van der Waals surface area contributed by atoms with Crippen molar-refractivity contribution in [1.82, 2.24) is 4.90 Å². The molecular weight excluding hydrogens is 332 g/mol. The molecule has 0 N–H and O–H groups in total. The minimum absolute atomic E-state index is 0.111. The van der Waals surface area contributed by atoms with Crippen LogP contribution in [-0.2, 0) is 6.42 Å². The van der Waals surface area contributed by atoms with Gasteiger partial charge in [-0.3, -0.25) is 9.69 Å². The molecule has 1 unspecified atom stereocenters. The Kier molecular flexibility index (Phi) is 4.28. The molecule has 2 fully saturated rings. The molecule has 3 heteroatoms. The molecule has 5 rings (SSSR count). The highest BCUT2D eigenvalue weighted by Gasteiger charge is 2.46. The SMILES string of the molecule is O=C(c1ccccc1)N1CC2(CCCCN2CC2CC2)Cc2ccccc21. The van der Waals surface area contributed by atoms with E-state index < -0.39 is 0 Å². The molecule has 3 aliphatic rings. The average Bonchev–Trinajstić information content (AvgIpc) is 3.54. The van der Waals surface area contributed by atoms with Crippen LogP contribution < -0.4 is 4.90 Å². The Labute approximate surface area is 162 Å². The van der Waals surface area contributed by atoms with Crippen LogP contribution in [0.4, 0.5) is 5.69 Å². The lowest BCUT2D eigenvalue weighted by molar-refractivity contribution is 0.0420. The van der Waals surface area contributed by atoms with Gasteiger partial charge in [-0.25, -0.2) is 0 Å². The zero-order valence-electron chi connectivity index (χ0n) is 15.9. The maximum Gasteiger partial charge on any atom is 0.258 e. The normalized spacial score (nSPS) is 25.4. The van der Waals surface area contributed by atoms with Gasteiger partial charge >= 0.3 is 0 Å². The molecule has 1 spiro atoms. The van der Waals surface area contributed by atoms with Gasteiger partial charge in [0.25, 0.3) is 5.91 Å². The van der Waals surface area contributed by atoms with E-state index in [1.165, 1.54) is 50.8 Å². The van der Waals surface area contributed by atoms with Gasteiger partial charge in [0, 0.05) is 29.9 Å². The maximum atomic E-state index is 13.4. The molecule has 27 heavy (non-hydrogen) atoms. The summed E-state index contributed by atoms with van der Waals surface area (Å²) in [5, 5.41) is 0. The number of para-hydroxylation sites is 1. The Hall–Kier alpha value is -2.13. The largest absolute Gasteiger partial charge is 0.306 e. The van der Waals surface area contributed by atoms with Crippen molar-refractivity contribution in [1.29, 1.82) is 0 Å². The third-order valence-corrected chi connectivity index (χ3v) is 6.69. The Morgan fingerprint density at radius 3 is 2.59 bits per heavy atom. The number of amides is 1. The molecule has 1 aliphatic carbocycles. The number of hydrogen-bond donors (Lipinski definition) is 0. The lowest BCUT2D eigenvalue weighted by Crippen LogP contribution is -2.62. The number of carbonyl (C=O) groups is 1. The standard InChI is InChI=1S/C24H28N2O/c27-23(20-8-2-1-3-9-20)26-18-24(16-21-10-4-5-11-22(21)26)14-6-7-15-25(24)17-19-12-13-19/h1-5,8-11,19H,6-7,12-18H2. The van der Waals surface area contributed by atoms with Gasteiger partial charge in [-0.2, -0.15) is 0 Å². The number of anilines is 1. The van der Waals surface area contributed by atoms with Crippen molar-refractivity contribution in [3.8, 4) is 0 Å². The number of hydrogen-bond acceptors (Lipinski definition) is 2. The Balaban J connectivity index is 1.53. The van der Waals surface area contributed by atoms with Crippen molar-refractivity contribution < 1.29 is 4.79 Å². The van der Waals surface area contributed by atoms with E-state index in [9.17, 15) is 4.79 Å². The second-order valence-electron chi connectivity index (χ2n) is 8.63. The highest BCUT2D eigenvalue weighted by molar-refractivity contribution is 6.07. The fourth-order valence-electron chi connectivity index (χ4n) is 5.06. The van der Waals surface area contributed by atoms with Crippen LogP contribution in [0.15, 0.2) is 54.6 Å². The molecule has 2 aromatic carbocycles. The number of likely N-dealkylation sites (tertiary alicyclic amines) is 1. The number of fused-ring (bicyclic) bond motifs is 1. The smallest absolute Gasteiger partial charge is 0.258 e. The van der Waals surface area contributed by atoms with Crippen LogP contribution in [0.5, 0.6) is 0 Å². The van der Waals surface area contributed by atoms with E-state index in [4.69, 9.17) is 0 Å². The molecular formula is C24H28N2O. The second kappa shape index (κ2) is 6.79. The third kappa shape index (κ3) is 3.19. The van der Waals surface area contributed by atoms with Gasteiger partial charge < -0.3 is 4.90 Å². The fourth-order valence-corrected chi connectivity index (χ4v) is 5.06. The van der Waals surface area contributed by atoms with Crippen LogP contribution in [0.3, 0.4) is 0 Å². The van der Waals surface area contributed by atoms with Crippen LogP contribution in [0, 0.1) is 5.92 Å². The summed E-state index contributed by atoms with van der Waals surface area (Å²) < 4.78 is 0. The maximum absolute atomic E-state index is 13.4. The highest BCUT2D eigenvalue weighted by Crippen LogP contribution is 2.42. The Bertz CT molecular complexity index is 829. The van der Waals surface area contributed by atoms with E-state index in [2.05, 4.69) is 34.1 Å². The quantitative estimate of drug-likeness (QED) is 0.803. The van der Waals surface area contributed by atoms with E-state index in [0.29, 0.717) is 0 Å². The van der Waals surface area contributed by atoms with Crippen molar-refractivity contribution in [2.24, 2.45) is 5.92 Å². The molecule has 2 aliphatic heterocycles. The topological polar surface area (TPSA) is 23.6 Å². The van der Waals surface area contributed by atoms with Gasteiger partial charge in [-0.05, 0) is 68.3 Å². The first-order valence-corrected chi connectivity index (χ1v) is 10.5. The zero-order chi connectivity index (χ0) is 18.3. The first-order valence-electron chi connectivity index (χ1n) is 10.5. The molecule has 0 aromatic heterocycles. The lowest BCUT2D eigenvalue weighted by atomic mass is 9.77. The minimum Gasteiger partial charge on any atom is -0.306 e. The molecule has 1 atom stereocenters. The summed E-state index contributed by atoms with van der Waals surface area (Å²) in [6.45, 7) is 3.23. The lowest BCUT2D eigenvalue weighted by Gasteiger charge is -2.52. The predicted molar refractivity (Wildman–Crippen MR) is 109 cm³/mol. The number of benzene rings is 2. The van der Waals surface area contributed by atoms with Crippen molar-refractivity contribution in [3.05, 3.63) is 65.7 Å². The third-order valence-electron chi connectivity index (χ3n) is 6.69. The van der Waals surface area contributed by atoms with Gasteiger partial charge in [0.15, 0.2) is 0 Å². The van der Waals surface area contributed by atoms with Gasteiger partial charge in [-0.1, -0.05) is 42.8 Å². The molecule has 1 saturated heterocycles. The molecule has 2 aromatic rings. The zero-order valence-corrected chi connectivity index (χ0v) is 15.9. The molecule has 2 heterocycles. The summed E-state index contributed by atoms with van der Waals surface area (Å²) in [5.41, 5.74) is 3.33. The summed E-state index contributed by atoms with van der Waals surface area (Å²) in [6.07, 6.45) is 7.62. The summed E-state index contributed by atoms with van der Waals surface area (Å²) in [5.74, 6) is 1.02. The second-order valence-corrected chi connectivity index (χ2v) is 8.63. The summed E-state index contributed by atoms with van der Waals surface area (Å²) in [7, 11) is 0. The van der Waals surface area contributed by atoms with Gasteiger partial charge in [0.05, 0.1) is 0 Å². The van der Waals surface area contributed by atoms with Gasteiger partial charge in [0.1, 0.15) is 0 Å². The van der Waals surface area contributed by atoms with Crippen LogP contribution >= 0.6 is 0 Å². The Morgan fingerprint density at radius 1 is 1.00 bits per heavy atom. The van der Waals surface area contributed by atoms with E-state index in [0.717, 1.165) is 30.1 Å². The summed E-state index contributed by atoms with van der Waals surface area (Å²) in [6, 6.07) is 18.3. The van der Waals surface area contributed by atoms with Gasteiger partial charge in [-0.15, -0.1) is 0 Å². The van der Waals surface area contributed by atoms with Crippen LogP contribution in [0.1, 0.15) is 48.0 Å². The highest BCUT2D eigenvalue weighted by atomic mass is 16.2. The van der Waals surface area contributed by atoms with E-state index in [1.54, 1.807) is 0 Å². The van der Waals surface area contributed by atoms with E-state index in [1.807, 2.05) is 30.3 Å². The first kappa shape index (κ1) is 17.0. The summed E-state index contributed by atoms with van der Waals surface area (Å²) in [4.78, 5) is 18.3. The Morgan fingerprint density at radius 2 is 1.78 bits per heavy atom. The number of nitrogens with zero attached hydrogens (tertiary/aromatic N) is 2. The van der Waals surface area contributed by atoms with Gasteiger partial charge in [0.2, 0.25) is 0 Å². The summed E-state index contributed by atoms with van der Waals surface area (Å²) >= 11 is 0. The average molecular weight is 361 g/mol. The molecule has 0 bridgehead atoms. The van der Waals surface area contributed by atoms with E-state index >= 15 is 0 Å². The monoisotopic (exact) mass is 360 g/mol. The first-order chi connectivity index (χ1) is 13.3. The van der Waals surface area contributed by atoms with Crippen LogP contribution in [0.2, 0.25) is 0 Å².